The minimum Gasteiger partial charge on any atom is -0.384 e. The molecule has 1 saturated carbocycles. The predicted octanol–water partition coefficient (Wildman–Crippen LogP) is 2.10. The van der Waals surface area contributed by atoms with Crippen LogP contribution in [0.25, 0.3) is 0 Å². The number of anilines is 2. The van der Waals surface area contributed by atoms with Gasteiger partial charge in [-0.25, -0.2) is 9.97 Å². The van der Waals surface area contributed by atoms with Gasteiger partial charge in [0.15, 0.2) is 0 Å². The highest BCUT2D eigenvalue weighted by Gasteiger charge is 2.27. The Labute approximate surface area is 100 Å². The lowest BCUT2D eigenvalue weighted by Crippen LogP contribution is -2.14. The van der Waals surface area contributed by atoms with Crippen LogP contribution in [0.3, 0.4) is 0 Å². The summed E-state index contributed by atoms with van der Waals surface area (Å²) < 4.78 is 0. The van der Waals surface area contributed by atoms with Gasteiger partial charge in [-0.2, -0.15) is 11.8 Å². The average Bonchev–Trinajstić information content (AvgIpc) is 3.09. The summed E-state index contributed by atoms with van der Waals surface area (Å²) in [7, 11) is 0. The van der Waals surface area contributed by atoms with E-state index in [9.17, 15) is 0 Å². The molecule has 88 valence electrons. The van der Waals surface area contributed by atoms with Gasteiger partial charge in [-0.3, -0.25) is 0 Å². The smallest absolute Gasteiger partial charge is 0.136 e. The molecule has 1 aromatic rings. The number of rotatable bonds is 5. The second-order valence-corrected chi connectivity index (χ2v) is 5.51. The molecule has 16 heavy (non-hydrogen) atoms. The lowest BCUT2D eigenvalue weighted by atomic mass is 10.3. The molecule has 1 aliphatic rings. The number of hydrogen-bond donors (Lipinski definition) is 2. The highest BCUT2D eigenvalue weighted by atomic mass is 32.2. The Morgan fingerprint density at radius 1 is 1.56 bits per heavy atom. The fourth-order valence-corrected chi connectivity index (χ4v) is 1.68. The highest BCUT2D eigenvalue weighted by molar-refractivity contribution is 7.99. The third-order valence-corrected chi connectivity index (χ3v) is 3.65. The van der Waals surface area contributed by atoms with E-state index in [4.69, 9.17) is 5.73 Å². The van der Waals surface area contributed by atoms with Gasteiger partial charge in [0.1, 0.15) is 17.5 Å². The van der Waals surface area contributed by atoms with Crippen molar-refractivity contribution in [2.24, 2.45) is 0 Å². The number of aromatic nitrogens is 2. The standard InChI is InChI=1S/C11H18N4S/c1-7(16-2)6-13-10-5-9(12)14-11(15-10)8-3-4-8/h5,7-8H,3-4,6H2,1-2H3,(H3,12,13,14,15). The first-order valence-electron chi connectivity index (χ1n) is 5.60. The molecule has 0 amide bonds. The molecular weight excluding hydrogens is 220 g/mol. The molecule has 1 aromatic heterocycles. The zero-order chi connectivity index (χ0) is 11.5. The molecule has 0 aromatic carbocycles. The summed E-state index contributed by atoms with van der Waals surface area (Å²) in [5, 5.41) is 3.88. The van der Waals surface area contributed by atoms with E-state index >= 15 is 0 Å². The molecule has 0 aliphatic heterocycles. The van der Waals surface area contributed by atoms with E-state index in [2.05, 4.69) is 28.5 Å². The van der Waals surface area contributed by atoms with E-state index in [-0.39, 0.29) is 0 Å². The van der Waals surface area contributed by atoms with Crippen LogP contribution < -0.4 is 11.1 Å². The molecule has 0 bridgehead atoms. The van der Waals surface area contributed by atoms with Gasteiger partial charge in [-0.15, -0.1) is 0 Å². The van der Waals surface area contributed by atoms with Gasteiger partial charge in [0.2, 0.25) is 0 Å². The minimum absolute atomic E-state index is 0.544. The zero-order valence-electron chi connectivity index (χ0n) is 9.73. The number of nitrogens with one attached hydrogen (secondary N) is 1. The summed E-state index contributed by atoms with van der Waals surface area (Å²) >= 11 is 1.83. The molecule has 3 N–H and O–H groups in total. The third kappa shape index (κ3) is 3.01. The van der Waals surface area contributed by atoms with Crippen LogP contribution in [0.1, 0.15) is 31.5 Å². The maximum atomic E-state index is 5.77. The Kier molecular flexibility index (Phi) is 3.53. The van der Waals surface area contributed by atoms with Gasteiger partial charge >= 0.3 is 0 Å². The largest absolute Gasteiger partial charge is 0.384 e. The van der Waals surface area contributed by atoms with Crippen LogP contribution in [0, 0.1) is 0 Å². The lowest BCUT2D eigenvalue weighted by Gasteiger charge is -2.11. The minimum atomic E-state index is 0.544. The van der Waals surface area contributed by atoms with Crippen molar-refractivity contribution in [2.75, 3.05) is 23.9 Å². The molecule has 0 spiro atoms. The van der Waals surface area contributed by atoms with Crippen LogP contribution >= 0.6 is 11.8 Å². The van der Waals surface area contributed by atoms with E-state index in [0.717, 1.165) is 18.2 Å². The molecule has 1 aliphatic carbocycles. The number of nitrogens with two attached hydrogens (primary N) is 1. The topological polar surface area (TPSA) is 63.8 Å². The van der Waals surface area contributed by atoms with Crippen molar-refractivity contribution in [2.45, 2.75) is 30.9 Å². The normalized spacial score (nSPS) is 17.1. The van der Waals surface area contributed by atoms with Crippen LogP contribution in [-0.2, 0) is 0 Å². The van der Waals surface area contributed by atoms with Gasteiger partial charge in [0.05, 0.1) is 0 Å². The van der Waals surface area contributed by atoms with Gasteiger partial charge in [0.25, 0.3) is 0 Å². The first kappa shape index (κ1) is 11.5. The van der Waals surface area contributed by atoms with Crippen molar-refractivity contribution in [3.05, 3.63) is 11.9 Å². The Morgan fingerprint density at radius 2 is 2.31 bits per heavy atom. The van der Waals surface area contributed by atoms with Crippen LogP contribution in [0.15, 0.2) is 6.07 Å². The van der Waals surface area contributed by atoms with Crippen LogP contribution in [0.4, 0.5) is 11.6 Å². The molecule has 1 unspecified atom stereocenters. The van der Waals surface area contributed by atoms with Crippen LogP contribution in [0.2, 0.25) is 0 Å². The monoisotopic (exact) mass is 238 g/mol. The Morgan fingerprint density at radius 3 is 2.94 bits per heavy atom. The van der Waals surface area contributed by atoms with E-state index < -0.39 is 0 Å². The van der Waals surface area contributed by atoms with Crippen molar-refractivity contribution in [3.8, 4) is 0 Å². The summed E-state index contributed by atoms with van der Waals surface area (Å²) in [6.07, 6.45) is 4.50. The molecule has 1 atom stereocenters. The van der Waals surface area contributed by atoms with Crippen molar-refractivity contribution < 1.29 is 0 Å². The summed E-state index contributed by atoms with van der Waals surface area (Å²) in [5.74, 6) is 2.87. The maximum Gasteiger partial charge on any atom is 0.136 e. The van der Waals surface area contributed by atoms with Gasteiger partial charge in [0, 0.05) is 23.8 Å². The molecule has 0 saturated heterocycles. The number of nitrogen functional groups attached to an aromatic ring is 1. The molecule has 4 nitrogen and oxygen atoms in total. The fraction of sp³-hybridized carbons (Fsp3) is 0.636. The summed E-state index contributed by atoms with van der Waals surface area (Å²) in [5.41, 5.74) is 5.77. The Balaban J connectivity index is 2.02. The van der Waals surface area contributed by atoms with Gasteiger partial charge < -0.3 is 11.1 Å². The zero-order valence-corrected chi connectivity index (χ0v) is 10.5. The lowest BCUT2D eigenvalue weighted by molar-refractivity contribution is 0.917. The fourth-order valence-electron chi connectivity index (χ4n) is 1.43. The second-order valence-electron chi connectivity index (χ2n) is 4.24. The third-order valence-electron chi connectivity index (χ3n) is 2.68. The van der Waals surface area contributed by atoms with Gasteiger partial charge in [-0.05, 0) is 19.1 Å². The molecule has 0 radical (unpaired) electrons. The molecule has 2 rings (SSSR count). The van der Waals surface area contributed by atoms with Crippen molar-refractivity contribution >= 4 is 23.4 Å². The van der Waals surface area contributed by atoms with E-state index in [1.165, 1.54) is 12.8 Å². The molecule has 5 heteroatoms. The highest BCUT2D eigenvalue weighted by Crippen LogP contribution is 2.38. The Bertz CT molecular complexity index is 365. The SMILES string of the molecule is CSC(C)CNc1cc(N)nc(C2CC2)n1. The van der Waals surface area contributed by atoms with Crippen molar-refractivity contribution in [1.29, 1.82) is 0 Å². The quantitative estimate of drug-likeness (QED) is 0.822. The van der Waals surface area contributed by atoms with Crippen molar-refractivity contribution in [1.82, 2.24) is 9.97 Å². The summed E-state index contributed by atoms with van der Waals surface area (Å²) in [6, 6.07) is 1.80. The predicted molar refractivity (Wildman–Crippen MR) is 69.9 cm³/mol. The molecule has 1 fully saturated rings. The first-order valence-corrected chi connectivity index (χ1v) is 6.89. The van der Waals surface area contributed by atoms with E-state index in [1.54, 1.807) is 6.07 Å². The number of thioether (sulfide) groups is 1. The second kappa shape index (κ2) is 4.91. The van der Waals surface area contributed by atoms with Crippen LogP contribution in [-0.4, -0.2) is 28.0 Å². The summed E-state index contributed by atoms with van der Waals surface area (Å²) in [6.45, 7) is 3.09. The van der Waals surface area contributed by atoms with Gasteiger partial charge in [-0.1, -0.05) is 6.92 Å². The number of nitrogens with zero attached hydrogens (tertiary/aromatic N) is 2. The van der Waals surface area contributed by atoms with Crippen LogP contribution in [0.5, 0.6) is 0 Å². The Hall–Kier alpha value is -0.970. The first-order chi connectivity index (χ1) is 7.69. The molecule has 1 heterocycles. The van der Waals surface area contributed by atoms with Crippen molar-refractivity contribution in [3.63, 3.8) is 0 Å². The number of hydrogen-bond acceptors (Lipinski definition) is 5. The molecular formula is C11H18N4S. The summed E-state index contributed by atoms with van der Waals surface area (Å²) in [4.78, 5) is 8.75. The maximum absolute atomic E-state index is 5.77. The average molecular weight is 238 g/mol. The van der Waals surface area contributed by atoms with E-state index in [0.29, 0.717) is 17.0 Å². The van der Waals surface area contributed by atoms with E-state index in [1.807, 2.05) is 11.8 Å².